The van der Waals surface area contributed by atoms with E-state index in [4.69, 9.17) is 9.47 Å². The number of rotatable bonds is 5. The van der Waals surface area contributed by atoms with Crippen LogP contribution >= 0.6 is 0 Å². The van der Waals surface area contributed by atoms with E-state index in [0.29, 0.717) is 17.1 Å². The van der Waals surface area contributed by atoms with Gasteiger partial charge in [-0.3, -0.25) is 19.3 Å². The maximum absolute atomic E-state index is 12.4. The minimum absolute atomic E-state index is 0.158. The molecule has 146 valence electrons. The lowest BCUT2D eigenvalue weighted by Gasteiger charge is -2.22. The molecule has 2 aromatic rings. The maximum Gasteiger partial charge on any atom is 0.326 e. The van der Waals surface area contributed by atoms with E-state index in [1.54, 1.807) is 36.4 Å². The predicted molar refractivity (Wildman–Crippen MR) is 104 cm³/mol. The highest BCUT2D eigenvalue weighted by molar-refractivity contribution is 6.00. The van der Waals surface area contributed by atoms with Gasteiger partial charge in [0, 0.05) is 5.69 Å². The van der Waals surface area contributed by atoms with Gasteiger partial charge in [0.2, 0.25) is 5.91 Å². The molecule has 28 heavy (non-hydrogen) atoms. The fourth-order valence-corrected chi connectivity index (χ4v) is 2.79. The van der Waals surface area contributed by atoms with Gasteiger partial charge >= 0.3 is 5.97 Å². The van der Waals surface area contributed by atoms with Crippen LogP contribution in [-0.4, -0.2) is 37.0 Å². The van der Waals surface area contributed by atoms with Crippen LogP contribution in [0.1, 0.15) is 18.9 Å². The first kappa shape index (κ1) is 19.4. The van der Waals surface area contributed by atoms with Crippen LogP contribution in [0.3, 0.4) is 0 Å². The molecule has 1 aliphatic heterocycles. The molecule has 0 aromatic heterocycles. The topological polar surface area (TPSA) is 84.9 Å². The predicted octanol–water partition coefficient (Wildman–Crippen LogP) is 2.68. The standard InChI is InChI=1S/C21H22N2O5/c1-14-7-9-16(10-8-14)22-21(26)15(2)28-20(25)13-23-17-5-3-4-6-18(17)27-12-11-19(23)24/h3-10,15H,11-13H2,1-2H3,(H,22,26)/t15-/m1/s1. The summed E-state index contributed by atoms with van der Waals surface area (Å²) in [6, 6.07) is 14.3. The molecule has 0 saturated heterocycles. The molecule has 3 rings (SSSR count). The number of carbonyl (C=O) groups excluding carboxylic acids is 3. The number of carbonyl (C=O) groups is 3. The molecule has 0 radical (unpaired) electrons. The van der Waals surface area contributed by atoms with Gasteiger partial charge in [0.15, 0.2) is 6.10 Å². The van der Waals surface area contributed by atoms with E-state index >= 15 is 0 Å². The molecule has 0 unspecified atom stereocenters. The maximum atomic E-state index is 12.4. The van der Waals surface area contributed by atoms with Crippen molar-refractivity contribution in [3.05, 3.63) is 54.1 Å². The number of nitrogens with one attached hydrogen (secondary N) is 1. The SMILES string of the molecule is Cc1ccc(NC(=O)[C@@H](C)OC(=O)CN2C(=O)CCOc3ccccc32)cc1. The van der Waals surface area contributed by atoms with Gasteiger partial charge in [-0.25, -0.2) is 0 Å². The van der Waals surface area contributed by atoms with Gasteiger partial charge in [0.1, 0.15) is 12.3 Å². The minimum atomic E-state index is -0.998. The van der Waals surface area contributed by atoms with E-state index in [1.165, 1.54) is 11.8 Å². The number of aryl methyl sites for hydroxylation is 1. The van der Waals surface area contributed by atoms with Crippen molar-refractivity contribution in [2.75, 3.05) is 23.4 Å². The van der Waals surface area contributed by atoms with Gasteiger partial charge in [-0.1, -0.05) is 29.8 Å². The third-order valence-electron chi connectivity index (χ3n) is 4.31. The monoisotopic (exact) mass is 382 g/mol. The van der Waals surface area contributed by atoms with E-state index in [-0.39, 0.29) is 25.5 Å². The van der Waals surface area contributed by atoms with Gasteiger partial charge in [-0.2, -0.15) is 0 Å². The molecule has 2 aromatic carbocycles. The van der Waals surface area contributed by atoms with Crippen molar-refractivity contribution in [3.63, 3.8) is 0 Å². The summed E-state index contributed by atoms with van der Waals surface area (Å²) in [5.41, 5.74) is 2.20. The van der Waals surface area contributed by atoms with Crippen LogP contribution in [0.15, 0.2) is 48.5 Å². The van der Waals surface area contributed by atoms with Crippen LogP contribution in [-0.2, 0) is 19.1 Å². The molecule has 1 atom stereocenters. The summed E-state index contributed by atoms with van der Waals surface area (Å²) in [7, 11) is 0. The van der Waals surface area contributed by atoms with E-state index in [1.807, 2.05) is 19.1 Å². The summed E-state index contributed by atoms with van der Waals surface area (Å²) in [5.74, 6) is -0.815. The molecule has 0 spiro atoms. The molecule has 0 bridgehead atoms. The zero-order valence-corrected chi connectivity index (χ0v) is 15.8. The Morgan fingerprint density at radius 3 is 2.64 bits per heavy atom. The summed E-state index contributed by atoms with van der Waals surface area (Å²) < 4.78 is 10.8. The summed E-state index contributed by atoms with van der Waals surface area (Å²) in [4.78, 5) is 38.3. The lowest BCUT2D eigenvalue weighted by Crippen LogP contribution is -2.39. The van der Waals surface area contributed by atoms with Crippen molar-refractivity contribution >= 4 is 29.2 Å². The molecular formula is C21H22N2O5. The smallest absolute Gasteiger partial charge is 0.326 e. The molecule has 1 N–H and O–H groups in total. The zero-order chi connectivity index (χ0) is 20.1. The van der Waals surface area contributed by atoms with Crippen LogP contribution in [0.5, 0.6) is 5.75 Å². The zero-order valence-electron chi connectivity index (χ0n) is 15.8. The third kappa shape index (κ3) is 4.68. The second-order valence-corrected chi connectivity index (χ2v) is 6.53. The first-order valence-electron chi connectivity index (χ1n) is 9.03. The summed E-state index contributed by atoms with van der Waals surface area (Å²) in [5, 5.41) is 2.70. The molecule has 0 fully saturated rings. The number of amides is 2. The minimum Gasteiger partial charge on any atom is -0.491 e. The number of ether oxygens (including phenoxy) is 2. The third-order valence-corrected chi connectivity index (χ3v) is 4.31. The number of esters is 1. The average Bonchev–Trinajstić information content (AvgIpc) is 2.83. The highest BCUT2D eigenvalue weighted by atomic mass is 16.5. The van der Waals surface area contributed by atoms with Gasteiger partial charge in [0.25, 0.3) is 5.91 Å². The summed E-state index contributed by atoms with van der Waals surface area (Å²) in [6.07, 6.45) is -0.840. The quantitative estimate of drug-likeness (QED) is 0.804. The van der Waals surface area contributed by atoms with Crippen molar-refractivity contribution in [2.24, 2.45) is 0 Å². The molecule has 0 aliphatic carbocycles. The van der Waals surface area contributed by atoms with Crippen LogP contribution in [0, 0.1) is 6.92 Å². The Balaban J connectivity index is 1.62. The lowest BCUT2D eigenvalue weighted by atomic mass is 10.2. The first-order chi connectivity index (χ1) is 13.4. The summed E-state index contributed by atoms with van der Waals surface area (Å²) >= 11 is 0. The van der Waals surface area contributed by atoms with Crippen LogP contribution in [0.25, 0.3) is 0 Å². The first-order valence-corrected chi connectivity index (χ1v) is 9.03. The highest BCUT2D eigenvalue weighted by Crippen LogP contribution is 2.30. The summed E-state index contributed by atoms with van der Waals surface area (Å²) in [6.45, 7) is 3.39. The van der Waals surface area contributed by atoms with Crippen molar-refractivity contribution in [2.45, 2.75) is 26.4 Å². The number of anilines is 2. The van der Waals surface area contributed by atoms with Crippen molar-refractivity contribution in [1.82, 2.24) is 0 Å². The Bertz CT molecular complexity index is 879. The van der Waals surface area contributed by atoms with Gasteiger partial charge in [-0.05, 0) is 38.1 Å². The van der Waals surface area contributed by atoms with Gasteiger partial charge in [0.05, 0.1) is 18.7 Å². The fraction of sp³-hybridized carbons (Fsp3) is 0.286. The van der Waals surface area contributed by atoms with Crippen molar-refractivity contribution in [1.29, 1.82) is 0 Å². The number of benzene rings is 2. The fourth-order valence-electron chi connectivity index (χ4n) is 2.79. The Hall–Kier alpha value is -3.35. The van der Waals surface area contributed by atoms with E-state index < -0.39 is 18.0 Å². The molecule has 2 amide bonds. The second-order valence-electron chi connectivity index (χ2n) is 6.53. The Labute approximate surface area is 163 Å². The van der Waals surface area contributed by atoms with Crippen LogP contribution < -0.4 is 15.0 Å². The largest absolute Gasteiger partial charge is 0.491 e. The second kappa shape index (κ2) is 8.56. The van der Waals surface area contributed by atoms with Crippen LogP contribution in [0.4, 0.5) is 11.4 Å². The van der Waals surface area contributed by atoms with Gasteiger partial charge in [-0.15, -0.1) is 0 Å². The van der Waals surface area contributed by atoms with E-state index in [2.05, 4.69) is 5.32 Å². The Morgan fingerprint density at radius 1 is 1.18 bits per heavy atom. The molecule has 7 heteroatoms. The lowest BCUT2D eigenvalue weighted by molar-refractivity contribution is -0.152. The number of hydrogen-bond acceptors (Lipinski definition) is 5. The number of nitrogens with zero attached hydrogens (tertiary/aromatic N) is 1. The number of fused-ring (bicyclic) bond motifs is 1. The average molecular weight is 382 g/mol. The van der Waals surface area contributed by atoms with Crippen molar-refractivity contribution in [3.8, 4) is 5.75 Å². The normalized spacial score (nSPS) is 14.4. The highest BCUT2D eigenvalue weighted by Gasteiger charge is 2.27. The van der Waals surface area contributed by atoms with Gasteiger partial charge < -0.3 is 14.8 Å². The molecule has 0 saturated carbocycles. The van der Waals surface area contributed by atoms with E-state index in [0.717, 1.165) is 5.56 Å². The Morgan fingerprint density at radius 2 is 1.89 bits per heavy atom. The van der Waals surface area contributed by atoms with Crippen LogP contribution in [0.2, 0.25) is 0 Å². The molecule has 7 nitrogen and oxygen atoms in total. The number of hydrogen-bond donors (Lipinski definition) is 1. The molecule has 1 heterocycles. The Kier molecular flexibility index (Phi) is 5.93. The number of para-hydroxylation sites is 2. The van der Waals surface area contributed by atoms with E-state index in [9.17, 15) is 14.4 Å². The van der Waals surface area contributed by atoms with Crippen molar-refractivity contribution < 1.29 is 23.9 Å². The molecule has 1 aliphatic rings. The molecular weight excluding hydrogens is 360 g/mol.